The minimum absolute atomic E-state index is 0.107. The zero-order chi connectivity index (χ0) is 11.5. The average molecular weight is 228 g/mol. The number of aromatic nitrogens is 1. The fraction of sp³-hybridized carbons (Fsp3) is 0.400. The molecule has 0 aliphatic carbocycles. The molecule has 0 aliphatic rings. The van der Waals surface area contributed by atoms with Gasteiger partial charge >= 0.3 is 0 Å². The largest absolute Gasteiger partial charge is 0.252 e. The van der Waals surface area contributed by atoms with E-state index >= 15 is 0 Å². The van der Waals surface area contributed by atoms with E-state index in [0.29, 0.717) is 0 Å². The van der Waals surface area contributed by atoms with Crippen molar-refractivity contribution in [2.45, 2.75) is 25.5 Å². The zero-order valence-electron chi connectivity index (χ0n) is 8.90. The molecule has 1 rings (SSSR count). The van der Waals surface area contributed by atoms with E-state index in [-0.39, 0.29) is 5.69 Å². The smallest absolute Gasteiger partial charge is 0.150 e. The van der Waals surface area contributed by atoms with Gasteiger partial charge < -0.3 is 0 Å². The highest BCUT2D eigenvalue weighted by atomic mass is 32.2. The van der Waals surface area contributed by atoms with Crippen molar-refractivity contribution in [3.8, 4) is 0 Å². The Labute approximate surface area is 91.0 Å². The molecule has 82 valence electrons. The van der Waals surface area contributed by atoms with Gasteiger partial charge in [-0.3, -0.25) is 4.98 Å². The highest BCUT2D eigenvalue weighted by Crippen LogP contribution is 2.12. The number of pyridine rings is 1. The monoisotopic (exact) mass is 228 g/mol. The molecule has 1 aromatic rings. The Morgan fingerprint density at radius 3 is 2.73 bits per heavy atom. The van der Waals surface area contributed by atoms with Crippen LogP contribution >= 0.6 is 0 Å². The van der Waals surface area contributed by atoms with Gasteiger partial charge in [-0.2, -0.15) is 4.40 Å². The SMILES string of the molecule is CC(C)(C)[S@@](=O)/N=C/c1ncccc1F. The predicted octanol–water partition coefficient (Wildman–Crippen LogP) is 2.10. The number of hydrogen-bond acceptors (Lipinski definition) is 2. The molecule has 5 heteroatoms. The molecule has 0 N–H and O–H groups in total. The molecule has 0 fully saturated rings. The van der Waals surface area contributed by atoms with E-state index in [2.05, 4.69) is 9.38 Å². The third-order valence-corrected chi connectivity index (χ3v) is 2.93. The molecule has 0 aliphatic heterocycles. The lowest BCUT2D eigenvalue weighted by molar-refractivity contribution is 0.619. The molecule has 0 aromatic carbocycles. The summed E-state index contributed by atoms with van der Waals surface area (Å²) in [6.07, 6.45) is 2.67. The first-order chi connectivity index (χ1) is 6.91. The van der Waals surface area contributed by atoms with Gasteiger partial charge in [-0.15, -0.1) is 0 Å². The Balaban J connectivity index is 2.84. The molecule has 0 radical (unpaired) electrons. The van der Waals surface area contributed by atoms with Crippen LogP contribution < -0.4 is 0 Å². The van der Waals surface area contributed by atoms with Crippen molar-refractivity contribution < 1.29 is 8.60 Å². The van der Waals surface area contributed by atoms with Crippen LogP contribution in [0.4, 0.5) is 4.39 Å². The minimum Gasteiger partial charge on any atom is -0.252 e. The Kier molecular flexibility index (Phi) is 3.68. The van der Waals surface area contributed by atoms with Crippen LogP contribution in [0, 0.1) is 5.82 Å². The van der Waals surface area contributed by atoms with Crippen LogP contribution in [-0.2, 0) is 11.0 Å². The second-order valence-corrected chi connectivity index (χ2v) is 5.90. The van der Waals surface area contributed by atoms with Crippen molar-refractivity contribution in [1.29, 1.82) is 0 Å². The Morgan fingerprint density at radius 1 is 1.53 bits per heavy atom. The van der Waals surface area contributed by atoms with Crippen LogP contribution in [0.2, 0.25) is 0 Å². The lowest BCUT2D eigenvalue weighted by Crippen LogP contribution is -2.19. The topological polar surface area (TPSA) is 42.3 Å². The molecule has 1 aromatic heterocycles. The van der Waals surface area contributed by atoms with Crippen molar-refractivity contribution in [1.82, 2.24) is 4.98 Å². The van der Waals surface area contributed by atoms with Gasteiger partial charge in [-0.25, -0.2) is 8.60 Å². The van der Waals surface area contributed by atoms with E-state index in [4.69, 9.17) is 0 Å². The maximum atomic E-state index is 13.1. The summed E-state index contributed by atoms with van der Waals surface area (Å²) in [6, 6.07) is 2.78. The van der Waals surface area contributed by atoms with Gasteiger partial charge in [-0.1, -0.05) is 0 Å². The first-order valence-electron chi connectivity index (χ1n) is 4.48. The summed E-state index contributed by atoms with van der Waals surface area (Å²) in [7, 11) is -1.38. The number of hydrogen-bond donors (Lipinski definition) is 0. The van der Waals surface area contributed by atoms with E-state index in [1.54, 1.807) is 20.8 Å². The quantitative estimate of drug-likeness (QED) is 0.727. The second kappa shape index (κ2) is 4.61. The molecule has 3 nitrogen and oxygen atoms in total. The van der Waals surface area contributed by atoms with Gasteiger partial charge in [0, 0.05) is 6.20 Å². The average Bonchev–Trinajstić information content (AvgIpc) is 2.14. The maximum Gasteiger partial charge on any atom is 0.150 e. The van der Waals surface area contributed by atoms with E-state index in [1.807, 2.05) is 0 Å². The van der Waals surface area contributed by atoms with Crippen molar-refractivity contribution >= 4 is 17.2 Å². The summed E-state index contributed by atoms with van der Waals surface area (Å²) < 4.78 is 27.9. The molecule has 0 saturated heterocycles. The maximum absolute atomic E-state index is 13.1. The third kappa shape index (κ3) is 3.51. The molecule has 0 unspecified atom stereocenters. The van der Waals surface area contributed by atoms with Crippen LogP contribution in [0.15, 0.2) is 22.7 Å². The summed E-state index contributed by atoms with van der Waals surface area (Å²) in [5.41, 5.74) is 0.107. The molecule has 15 heavy (non-hydrogen) atoms. The zero-order valence-corrected chi connectivity index (χ0v) is 9.71. The normalized spacial score (nSPS) is 14.4. The van der Waals surface area contributed by atoms with E-state index in [9.17, 15) is 8.60 Å². The van der Waals surface area contributed by atoms with Gasteiger partial charge in [0.05, 0.1) is 11.0 Å². The predicted molar refractivity (Wildman–Crippen MR) is 59.7 cm³/mol. The van der Waals surface area contributed by atoms with Crippen LogP contribution in [0.25, 0.3) is 0 Å². The van der Waals surface area contributed by atoms with Gasteiger partial charge in [-0.05, 0) is 32.9 Å². The molecule has 0 spiro atoms. The van der Waals surface area contributed by atoms with Crippen molar-refractivity contribution in [2.24, 2.45) is 4.40 Å². The summed E-state index contributed by atoms with van der Waals surface area (Å²) in [5.74, 6) is -0.466. The second-order valence-electron chi connectivity index (χ2n) is 3.97. The van der Waals surface area contributed by atoms with Gasteiger partial charge in [0.15, 0.2) is 0 Å². The lowest BCUT2D eigenvalue weighted by Gasteiger charge is -2.12. The van der Waals surface area contributed by atoms with Crippen molar-refractivity contribution in [3.05, 3.63) is 29.8 Å². The van der Waals surface area contributed by atoms with Gasteiger partial charge in [0.25, 0.3) is 0 Å². The van der Waals surface area contributed by atoms with Gasteiger partial charge in [0.1, 0.15) is 22.5 Å². The molecule has 1 heterocycles. The summed E-state index contributed by atoms with van der Waals surface area (Å²) >= 11 is 0. The number of halogens is 1. The van der Waals surface area contributed by atoms with Crippen LogP contribution in [0.5, 0.6) is 0 Å². The molecule has 0 amide bonds. The fourth-order valence-electron chi connectivity index (χ4n) is 0.749. The van der Waals surface area contributed by atoms with Crippen LogP contribution in [0.1, 0.15) is 26.5 Å². The molecular formula is C10H13FN2OS. The van der Waals surface area contributed by atoms with E-state index < -0.39 is 21.5 Å². The van der Waals surface area contributed by atoms with Crippen molar-refractivity contribution in [2.75, 3.05) is 0 Å². The van der Waals surface area contributed by atoms with Crippen molar-refractivity contribution in [3.63, 3.8) is 0 Å². The highest BCUT2D eigenvalue weighted by Gasteiger charge is 2.18. The first-order valence-corrected chi connectivity index (χ1v) is 5.58. The first kappa shape index (κ1) is 12.0. The summed E-state index contributed by atoms with van der Waals surface area (Å²) in [5, 5.41) is 0. The lowest BCUT2D eigenvalue weighted by atomic mass is 10.3. The van der Waals surface area contributed by atoms with E-state index in [1.165, 1.54) is 24.5 Å². The number of nitrogens with zero attached hydrogens (tertiary/aromatic N) is 2. The third-order valence-electron chi connectivity index (χ3n) is 1.58. The van der Waals surface area contributed by atoms with Crippen LogP contribution in [-0.4, -0.2) is 20.2 Å². The number of rotatable bonds is 2. The standard InChI is InChI=1S/C10H13FN2OS/c1-10(2,3)15(14)13-7-9-8(11)5-4-6-12-9/h4-7H,1-3H3/b13-7+/t15-/m1/s1. The summed E-state index contributed by atoms with van der Waals surface area (Å²) in [4.78, 5) is 3.77. The Hall–Kier alpha value is -1.10. The Morgan fingerprint density at radius 2 is 2.20 bits per heavy atom. The Bertz CT molecular complexity index is 399. The summed E-state index contributed by atoms with van der Waals surface area (Å²) in [6.45, 7) is 5.40. The highest BCUT2D eigenvalue weighted by molar-refractivity contribution is 7.85. The molecule has 1 atom stereocenters. The molecule has 0 bridgehead atoms. The van der Waals surface area contributed by atoms with Gasteiger partial charge in [0.2, 0.25) is 0 Å². The van der Waals surface area contributed by atoms with E-state index in [0.717, 1.165) is 0 Å². The molecule has 0 saturated carbocycles. The fourth-order valence-corrected chi connectivity index (χ4v) is 1.26. The van der Waals surface area contributed by atoms with Crippen LogP contribution in [0.3, 0.4) is 0 Å². The molecular weight excluding hydrogens is 215 g/mol. The minimum atomic E-state index is -1.38.